The van der Waals surface area contributed by atoms with Crippen molar-refractivity contribution in [3.63, 3.8) is 0 Å². The molecule has 5 rings (SSSR count). The molecular weight excluding hydrogens is 526 g/mol. The third-order valence-corrected chi connectivity index (χ3v) is 7.70. The van der Waals surface area contributed by atoms with E-state index in [4.69, 9.17) is 9.84 Å². The van der Waals surface area contributed by atoms with Gasteiger partial charge < -0.3 is 25.4 Å². The first-order chi connectivity index (χ1) is 19.5. The number of aliphatic carboxylic acids is 2. The van der Waals surface area contributed by atoms with E-state index in [-0.39, 0.29) is 11.1 Å². The number of rotatable bonds is 7. The Hall–Kier alpha value is -4.50. The monoisotopic (exact) mass is 559 g/mol. The number of carboxylic acids is 2. The number of ether oxygens (including phenoxy) is 1. The molecule has 9 nitrogen and oxygen atoms in total. The molecule has 4 N–H and O–H groups in total. The largest absolute Gasteiger partial charge is 0.479 e. The van der Waals surface area contributed by atoms with Crippen LogP contribution in [-0.4, -0.2) is 57.3 Å². The minimum Gasteiger partial charge on any atom is -0.479 e. The van der Waals surface area contributed by atoms with Crippen LogP contribution in [0.25, 0.3) is 0 Å². The molecule has 1 aliphatic carbocycles. The smallest absolute Gasteiger partial charge is 0.360 e. The number of para-hydroxylation sites is 1. The number of fused-ring (bicyclic) bond motifs is 3. The summed E-state index contributed by atoms with van der Waals surface area (Å²) in [6.45, 7) is 4.68. The average Bonchev–Trinajstić information content (AvgIpc) is 3.46. The van der Waals surface area contributed by atoms with E-state index in [9.17, 15) is 29.4 Å². The van der Waals surface area contributed by atoms with Gasteiger partial charge in [-0.25, -0.2) is 14.4 Å². The zero-order chi connectivity index (χ0) is 29.7. The van der Waals surface area contributed by atoms with Gasteiger partial charge in [0.25, 0.3) is 0 Å². The second-order valence-corrected chi connectivity index (χ2v) is 10.5. The molecule has 1 heterocycles. The summed E-state index contributed by atoms with van der Waals surface area (Å²) in [4.78, 5) is 48.7. The van der Waals surface area contributed by atoms with Gasteiger partial charge in [0.1, 0.15) is 0 Å². The third kappa shape index (κ3) is 6.15. The average molecular weight is 560 g/mol. The molecule has 1 saturated carbocycles. The maximum Gasteiger partial charge on any atom is 0.360 e. The van der Waals surface area contributed by atoms with Crippen LogP contribution in [-0.2, 0) is 14.3 Å². The summed E-state index contributed by atoms with van der Waals surface area (Å²) in [6, 6.07) is 20.1. The van der Waals surface area contributed by atoms with Crippen LogP contribution in [0, 0.1) is 19.8 Å². The van der Waals surface area contributed by atoms with Crippen LogP contribution in [0.5, 0.6) is 0 Å². The molecule has 9 heteroatoms. The van der Waals surface area contributed by atoms with E-state index in [0.717, 1.165) is 23.0 Å². The van der Waals surface area contributed by atoms with Gasteiger partial charge in [-0.2, -0.15) is 0 Å². The minimum absolute atomic E-state index is 0.106. The highest BCUT2D eigenvalue weighted by atomic mass is 16.6. The summed E-state index contributed by atoms with van der Waals surface area (Å²) in [5, 5.41) is 32.4. The highest BCUT2D eigenvalue weighted by Gasteiger charge is 2.59. The first kappa shape index (κ1) is 29.5. The van der Waals surface area contributed by atoms with E-state index >= 15 is 0 Å². The number of aryl methyl sites for hydroxylation is 2. The molecule has 4 atom stereocenters. The number of aliphatic hydroxyl groups excluding tert-OH is 1. The van der Waals surface area contributed by atoms with Crippen LogP contribution < -0.4 is 5.32 Å². The number of hydrogen-bond acceptors (Lipinski definition) is 7. The molecule has 2 aliphatic rings. The topological polar surface area (TPSA) is 150 Å². The Balaban J connectivity index is 0.000000243. The van der Waals surface area contributed by atoms with Gasteiger partial charge in [-0.1, -0.05) is 72.1 Å². The highest BCUT2D eigenvalue weighted by Crippen LogP contribution is 2.45. The van der Waals surface area contributed by atoms with Gasteiger partial charge in [0.2, 0.25) is 11.9 Å². The van der Waals surface area contributed by atoms with Crippen LogP contribution in [0.15, 0.2) is 72.8 Å². The number of ketones is 1. The van der Waals surface area contributed by atoms with Gasteiger partial charge in [-0.15, -0.1) is 0 Å². The molecule has 1 aliphatic heterocycles. The first-order valence-corrected chi connectivity index (χ1v) is 13.4. The van der Waals surface area contributed by atoms with Crippen molar-refractivity contribution in [1.29, 1.82) is 0 Å². The zero-order valence-electron chi connectivity index (χ0n) is 22.9. The summed E-state index contributed by atoms with van der Waals surface area (Å²) in [5.74, 6) is -4.99. The van der Waals surface area contributed by atoms with E-state index in [1.54, 1.807) is 31.5 Å². The lowest BCUT2D eigenvalue weighted by molar-refractivity contribution is -0.176. The van der Waals surface area contributed by atoms with Crippen molar-refractivity contribution in [3.8, 4) is 0 Å². The van der Waals surface area contributed by atoms with Gasteiger partial charge in [0, 0.05) is 17.8 Å². The number of benzene rings is 3. The van der Waals surface area contributed by atoms with E-state index in [1.165, 1.54) is 67.9 Å². The maximum absolute atomic E-state index is 12.9. The molecule has 41 heavy (non-hydrogen) atoms. The predicted octanol–water partition coefficient (Wildman–Crippen LogP) is 4.61. The van der Waals surface area contributed by atoms with Gasteiger partial charge in [-0.05, 0) is 62.3 Å². The number of Topliss-reactive ketones (excluding diaryl/α,β-unsaturated/α-hetero) is 1. The number of nitrogens with one attached hydrogen (secondary N) is 1. The van der Waals surface area contributed by atoms with Crippen molar-refractivity contribution in [2.75, 3.05) is 11.9 Å². The lowest BCUT2D eigenvalue weighted by Gasteiger charge is -2.30. The Bertz CT molecular complexity index is 1430. The summed E-state index contributed by atoms with van der Waals surface area (Å²) in [7, 11) is 0. The fraction of sp³-hybridized carbons (Fsp3) is 0.312. The molecule has 0 bridgehead atoms. The standard InChI is InChI=1S/C20H18O8.C12H15N/c1-11-3-7-13(8-4-11)15(21)20(19(26)27,16(22)17(23)24)28-18(25)14-9-5-12(2)6-10-14;1-2-7-12-11(5-1)10-6-3-4-9(10)8-13-12/h3-10,16,22H,1-2H3,(H,23,24)(H,26,27);1-2,5,7,9-10,13H,3-4,6,8H2/t16-,20+;/m1./s1. The van der Waals surface area contributed by atoms with Gasteiger partial charge in [0.05, 0.1) is 5.56 Å². The number of carboxylic acid groups (broad SMARTS) is 2. The molecule has 0 radical (unpaired) electrons. The van der Waals surface area contributed by atoms with Crippen molar-refractivity contribution < 1.29 is 39.2 Å². The molecule has 0 spiro atoms. The van der Waals surface area contributed by atoms with Crippen LogP contribution in [0.2, 0.25) is 0 Å². The van der Waals surface area contributed by atoms with Crippen LogP contribution in [0.3, 0.4) is 0 Å². The Kier molecular flexibility index (Phi) is 8.88. The minimum atomic E-state index is -3.36. The van der Waals surface area contributed by atoms with Crippen molar-refractivity contribution in [2.24, 2.45) is 5.92 Å². The number of aliphatic hydroxyl groups is 1. The van der Waals surface area contributed by atoms with Crippen molar-refractivity contribution >= 4 is 29.4 Å². The normalized spacial score (nSPS) is 19.1. The Labute approximate surface area is 237 Å². The number of hydrogen-bond donors (Lipinski definition) is 4. The Morgan fingerprint density at radius 3 is 2.02 bits per heavy atom. The molecule has 0 saturated heterocycles. The second kappa shape index (κ2) is 12.3. The summed E-state index contributed by atoms with van der Waals surface area (Å²) in [5.41, 5.74) is 0.816. The highest BCUT2D eigenvalue weighted by molar-refractivity contribution is 6.19. The van der Waals surface area contributed by atoms with Crippen LogP contribution in [0.4, 0.5) is 5.69 Å². The summed E-state index contributed by atoms with van der Waals surface area (Å²) in [6.07, 6.45) is 1.42. The van der Waals surface area contributed by atoms with Gasteiger partial charge >= 0.3 is 23.5 Å². The maximum atomic E-state index is 12.9. The van der Waals surface area contributed by atoms with E-state index in [0.29, 0.717) is 0 Å². The molecule has 2 unspecified atom stereocenters. The summed E-state index contributed by atoms with van der Waals surface area (Å²) < 4.78 is 4.88. The Morgan fingerprint density at radius 2 is 1.44 bits per heavy atom. The number of esters is 1. The number of anilines is 1. The van der Waals surface area contributed by atoms with Gasteiger partial charge in [-0.3, -0.25) is 4.79 Å². The van der Waals surface area contributed by atoms with Crippen molar-refractivity contribution in [1.82, 2.24) is 0 Å². The summed E-state index contributed by atoms with van der Waals surface area (Å²) >= 11 is 0. The molecule has 3 aromatic carbocycles. The van der Waals surface area contributed by atoms with Crippen molar-refractivity contribution in [3.05, 3.63) is 101 Å². The van der Waals surface area contributed by atoms with E-state index in [1.807, 2.05) is 0 Å². The molecule has 3 aromatic rings. The first-order valence-electron chi connectivity index (χ1n) is 13.4. The molecule has 0 amide bonds. The number of carbonyl (C=O) groups excluding carboxylic acids is 2. The van der Waals surface area contributed by atoms with E-state index in [2.05, 4.69) is 29.6 Å². The fourth-order valence-corrected chi connectivity index (χ4v) is 5.39. The van der Waals surface area contributed by atoms with Crippen LogP contribution in [0.1, 0.15) is 62.6 Å². The quantitative estimate of drug-likeness (QED) is 0.185. The molecule has 1 fully saturated rings. The molecule has 0 aromatic heterocycles. The SMILES string of the molecule is Cc1ccc(C(=O)O[C@@](C(=O)O)(C(=O)c2ccc(C)cc2)[C@H](O)C(=O)O)cc1.c1ccc2c(c1)NCC1CCCC21. The third-order valence-electron chi connectivity index (χ3n) is 7.70. The number of carbonyl (C=O) groups is 4. The molecular formula is C32H33NO8. The second-order valence-electron chi connectivity index (χ2n) is 10.5. The predicted molar refractivity (Wildman–Crippen MR) is 151 cm³/mol. The lowest BCUT2D eigenvalue weighted by atomic mass is 9.85. The lowest BCUT2D eigenvalue weighted by Crippen LogP contribution is -2.61. The fourth-order valence-electron chi connectivity index (χ4n) is 5.39. The molecule has 214 valence electrons. The Morgan fingerprint density at radius 1 is 0.854 bits per heavy atom. The van der Waals surface area contributed by atoms with Crippen LogP contribution >= 0.6 is 0 Å². The van der Waals surface area contributed by atoms with Gasteiger partial charge in [0.15, 0.2) is 0 Å². The van der Waals surface area contributed by atoms with E-state index < -0.39 is 35.4 Å². The zero-order valence-corrected chi connectivity index (χ0v) is 22.9. The van der Waals surface area contributed by atoms with Crippen molar-refractivity contribution in [2.45, 2.75) is 50.7 Å².